The molecule has 1 aromatic heterocycles. The SMILES string of the molecule is Cc1ccccc1-c1ccc2nc(=O)[nH]c(C)c2c1. The lowest BCUT2D eigenvalue weighted by atomic mass is 9.99. The average Bonchev–Trinajstić information content (AvgIpc) is 2.39. The fourth-order valence-electron chi connectivity index (χ4n) is 2.36. The highest BCUT2D eigenvalue weighted by molar-refractivity contribution is 5.86. The van der Waals surface area contributed by atoms with Crippen molar-refractivity contribution < 1.29 is 0 Å². The summed E-state index contributed by atoms with van der Waals surface area (Å²) < 4.78 is 0. The molecule has 1 N–H and O–H groups in total. The van der Waals surface area contributed by atoms with Gasteiger partial charge in [0.25, 0.3) is 0 Å². The summed E-state index contributed by atoms with van der Waals surface area (Å²) >= 11 is 0. The summed E-state index contributed by atoms with van der Waals surface area (Å²) in [7, 11) is 0. The maximum absolute atomic E-state index is 11.3. The average molecular weight is 250 g/mol. The molecule has 3 heteroatoms. The molecule has 0 amide bonds. The summed E-state index contributed by atoms with van der Waals surface area (Å²) in [6.45, 7) is 3.99. The van der Waals surface area contributed by atoms with E-state index in [2.05, 4.69) is 35.1 Å². The third-order valence-corrected chi connectivity index (χ3v) is 3.37. The standard InChI is InChI=1S/C16H14N2O/c1-10-5-3-4-6-13(10)12-7-8-15-14(9-12)11(2)17-16(19)18-15/h3-9H,1-2H3,(H,17,18,19). The minimum absolute atomic E-state index is 0.298. The molecule has 3 aromatic rings. The number of aryl methyl sites for hydroxylation is 2. The Morgan fingerprint density at radius 1 is 1.05 bits per heavy atom. The molecule has 0 aliphatic rings. The number of fused-ring (bicyclic) bond motifs is 1. The summed E-state index contributed by atoms with van der Waals surface area (Å²) in [6, 6.07) is 14.3. The van der Waals surface area contributed by atoms with Gasteiger partial charge in [0, 0.05) is 11.1 Å². The number of hydrogen-bond donors (Lipinski definition) is 1. The molecule has 0 atom stereocenters. The Hall–Kier alpha value is -2.42. The zero-order valence-electron chi connectivity index (χ0n) is 10.9. The van der Waals surface area contributed by atoms with Crippen molar-refractivity contribution in [3.8, 4) is 11.1 Å². The van der Waals surface area contributed by atoms with E-state index in [0.29, 0.717) is 0 Å². The highest BCUT2D eigenvalue weighted by atomic mass is 16.1. The minimum atomic E-state index is -0.298. The van der Waals surface area contributed by atoms with E-state index in [4.69, 9.17) is 0 Å². The lowest BCUT2D eigenvalue weighted by molar-refractivity contribution is 1.07. The van der Waals surface area contributed by atoms with Crippen LogP contribution in [-0.2, 0) is 0 Å². The Morgan fingerprint density at radius 2 is 1.84 bits per heavy atom. The topological polar surface area (TPSA) is 45.8 Å². The number of rotatable bonds is 1. The molecule has 94 valence electrons. The van der Waals surface area contributed by atoms with Crippen LogP contribution in [0.5, 0.6) is 0 Å². The van der Waals surface area contributed by atoms with Crippen molar-refractivity contribution in [2.45, 2.75) is 13.8 Å². The molecule has 3 nitrogen and oxygen atoms in total. The second-order valence-electron chi connectivity index (χ2n) is 4.71. The Balaban J connectivity index is 2.28. The monoisotopic (exact) mass is 250 g/mol. The molecule has 0 unspecified atom stereocenters. The van der Waals surface area contributed by atoms with E-state index in [9.17, 15) is 4.79 Å². The predicted molar refractivity (Wildman–Crippen MR) is 77.3 cm³/mol. The van der Waals surface area contributed by atoms with Crippen molar-refractivity contribution in [3.05, 3.63) is 64.2 Å². The summed E-state index contributed by atoms with van der Waals surface area (Å²) in [4.78, 5) is 18.1. The molecular formula is C16H14N2O. The third kappa shape index (κ3) is 2.03. The molecule has 0 saturated carbocycles. The highest BCUT2D eigenvalue weighted by Gasteiger charge is 2.05. The first-order chi connectivity index (χ1) is 9.15. The van der Waals surface area contributed by atoms with Crippen LogP contribution in [0.4, 0.5) is 0 Å². The number of nitrogens with one attached hydrogen (secondary N) is 1. The molecule has 0 aliphatic heterocycles. The summed E-state index contributed by atoms with van der Waals surface area (Å²) in [5, 5.41) is 0.986. The van der Waals surface area contributed by atoms with Crippen molar-refractivity contribution in [1.29, 1.82) is 0 Å². The van der Waals surface area contributed by atoms with Crippen LogP contribution in [-0.4, -0.2) is 9.97 Å². The minimum Gasteiger partial charge on any atom is -0.309 e. The number of H-pyrrole nitrogens is 1. The predicted octanol–water partition coefficient (Wildman–Crippen LogP) is 3.21. The zero-order valence-corrected chi connectivity index (χ0v) is 10.9. The smallest absolute Gasteiger partial charge is 0.309 e. The van der Waals surface area contributed by atoms with Gasteiger partial charge in [-0.3, -0.25) is 0 Å². The van der Waals surface area contributed by atoms with Gasteiger partial charge < -0.3 is 4.98 Å². The Bertz CT molecular complexity index is 818. The van der Waals surface area contributed by atoms with Gasteiger partial charge in [-0.15, -0.1) is 0 Å². The van der Waals surface area contributed by atoms with Crippen molar-refractivity contribution in [3.63, 3.8) is 0 Å². The van der Waals surface area contributed by atoms with Gasteiger partial charge in [-0.05, 0) is 42.7 Å². The molecule has 0 bridgehead atoms. The van der Waals surface area contributed by atoms with Gasteiger partial charge >= 0.3 is 5.69 Å². The van der Waals surface area contributed by atoms with Crippen LogP contribution in [0.2, 0.25) is 0 Å². The summed E-state index contributed by atoms with van der Waals surface area (Å²) in [6.07, 6.45) is 0. The molecule has 0 fully saturated rings. The maximum Gasteiger partial charge on any atom is 0.345 e. The fraction of sp³-hybridized carbons (Fsp3) is 0.125. The van der Waals surface area contributed by atoms with E-state index in [0.717, 1.165) is 22.2 Å². The van der Waals surface area contributed by atoms with E-state index in [1.807, 2.05) is 31.2 Å². The van der Waals surface area contributed by atoms with Gasteiger partial charge in [-0.2, -0.15) is 4.98 Å². The van der Waals surface area contributed by atoms with E-state index in [1.54, 1.807) is 0 Å². The Kier molecular flexibility index (Phi) is 2.67. The van der Waals surface area contributed by atoms with E-state index < -0.39 is 0 Å². The molecule has 2 aromatic carbocycles. The van der Waals surface area contributed by atoms with Crippen LogP contribution in [0.25, 0.3) is 22.0 Å². The van der Waals surface area contributed by atoms with Gasteiger partial charge in [0.2, 0.25) is 0 Å². The first-order valence-corrected chi connectivity index (χ1v) is 6.22. The number of hydrogen-bond acceptors (Lipinski definition) is 2. The number of nitrogens with zero attached hydrogens (tertiary/aromatic N) is 1. The molecule has 19 heavy (non-hydrogen) atoms. The zero-order chi connectivity index (χ0) is 13.4. The van der Waals surface area contributed by atoms with Crippen LogP contribution in [0, 0.1) is 13.8 Å². The van der Waals surface area contributed by atoms with Crippen LogP contribution in [0.1, 0.15) is 11.3 Å². The Labute approximate surface area is 111 Å². The van der Waals surface area contributed by atoms with Gasteiger partial charge in [0.15, 0.2) is 0 Å². The molecule has 0 saturated heterocycles. The lowest BCUT2D eigenvalue weighted by Gasteiger charge is -2.08. The van der Waals surface area contributed by atoms with Crippen molar-refractivity contribution >= 4 is 10.9 Å². The summed E-state index contributed by atoms with van der Waals surface area (Å²) in [5.41, 5.74) is 4.87. The second kappa shape index (κ2) is 4.35. The number of benzene rings is 2. The molecule has 0 spiro atoms. The van der Waals surface area contributed by atoms with E-state index in [-0.39, 0.29) is 5.69 Å². The summed E-state index contributed by atoms with van der Waals surface area (Å²) in [5.74, 6) is 0. The number of aromatic amines is 1. The second-order valence-corrected chi connectivity index (χ2v) is 4.71. The number of aromatic nitrogens is 2. The van der Waals surface area contributed by atoms with Gasteiger partial charge in [-0.1, -0.05) is 30.3 Å². The van der Waals surface area contributed by atoms with Gasteiger partial charge in [-0.25, -0.2) is 4.79 Å². The van der Waals surface area contributed by atoms with E-state index in [1.165, 1.54) is 11.1 Å². The van der Waals surface area contributed by atoms with Gasteiger partial charge in [0.1, 0.15) is 0 Å². The highest BCUT2D eigenvalue weighted by Crippen LogP contribution is 2.26. The van der Waals surface area contributed by atoms with Crippen molar-refractivity contribution in [1.82, 2.24) is 9.97 Å². The molecule has 1 heterocycles. The largest absolute Gasteiger partial charge is 0.345 e. The molecular weight excluding hydrogens is 236 g/mol. The maximum atomic E-state index is 11.3. The fourth-order valence-corrected chi connectivity index (χ4v) is 2.36. The quantitative estimate of drug-likeness (QED) is 0.720. The van der Waals surface area contributed by atoms with Crippen LogP contribution >= 0.6 is 0 Å². The normalized spacial score (nSPS) is 10.8. The van der Waals surface area contributed by atoms with Crippen LogP contribution in [0.3, 0.4) is 0 Å². The molecule has 3 rings (SSSR count). The van der Waals surface area contributed by atoms with Crippen molar-refractivity contribution in [2.75, 3.05) is 0 Å². The lowest BCUT2D eigenvalue weighted by Crippen LogP contribution is -2.11. The van der Waals surface area contributed by atoms with Crippen LogP contribution < -0.4 is 5.69 Å². The van der Waals surface area contributed by atoms with E-state index >= 15 is 0 Å². The third-order valence-electron chi connectivity index (χ3n) is 3.37. The Morgan fingerprint density at radius 3 is 2.63 bits per heavy atom. The first kappa shape index (κ1) is 11.7. The molecule has 0 radical (unpaired) electrons. The van der Waals surface area contributed by atoms with Gasteiger partial charge in [0.05, 0.1) is 5.52 Å². The molecule has 0 aliphatic carbocycles. The first-order valence-electron chi connectivity index (χ1n) is 6.22. The van der Waals surface area contributed by atoms with Crippen molar-refractivity contribution in [2.24, 2.45) is 0 Å². The van der Waals surface area contributed by atoms with Crippen LogP contribution in [0.15, 0.2) is 47.3 Å².